The van der Waals surface area contributed by atoms with E-state index < -0.39 is 23.4 Å². The highest BCUT2D eigenvalue weighted by Crippen LogP contribution is 2.42. The SMILES string of the molecule is Bc1cc2c(cc1C(F)F)N(c1cccc([N+](=O)[O-])c1N[C@H](C)CC(=O)O)CCC2. The number of nitro groups is 1. The Morgan fingerprint density at radius 3 is 2.73 bits per heavy atom. The monoisotopic (exact) mass is 417 g/mol. The van der Waals surface area contributed by atoms with Crippen molar-refractivity contribution < 1.29 is 23.6 Å². The Balaban J connectivity index is 2.13. The summed E-state index contributed by atoms with van der Waals surface area (Å²) in [5.74, 6) is -1.03. The number of rotatable bonds is 7. The van der Waals surface area contributed by atoms with Crippen molar-refractivity contribution in [2.45, 2.75) is 38.7 Å². The Kier molecular flexibility index (Phi) is 6.24. The van der Waals surface area contributed by atoms with Gasteiger partial charge in [-0.1, -0.05) is 17.6 Å². The summed E-state index contributed by atoms with van der Waals surface area (Å²) in [7, 11) is 1.65. The van der Waals surface area contributed by atoms with Crippen LogP contribution in [0.5, 0.6) is 0 Å². The molecule has 0 spiro atoms. The molecule has 30 heavy (non-hydrogen) atoms. The number of anilines is 3. The van der Waals surface area contributed by atoms with Crippen LogP contribution in [-0.2, 0) is 11.2 Å². The largest absolute Gasteiger partial charge is 0.481 e. The molecule has 0 aliphatic carbocycles. The molecule has 158 valence electrons. The summed E-state index contributed by atoms with van der Waals surface area (Å²) in [6, 6.07) is 7.19. The van der Waals surface area contributed by atoms with Crippen LogP contribution in [0.1, 0.15) is 37.3 Å². The number of aliphatic carboxylic acids is 1. The standard InChI is InChI=1S/C20H22BF2N3O4/c1-11(8-18(27)28)24-19-15(5-2-6-16(19)26(29)30)25-7-3-4-12-9-14(21)13(20(22)23)10-17(12)25/h2,5-6,9-11,20,24H,3-4,7-8,21H2,1H3,(H,27,28)/t11-/m1/s1. The van der Waals surface area contributed by atoms with Crippen LogP contribution >= 0.6 is 0 Å². The van der Waals surface area contributed by atoms with Crippen LogP contribution in [0.15, 0.2) is 30.3 Å². The zero-order valence-electron chi connectivity index (χ0n) is 16.7. The number of hydrogen-bond acceptors (Lipinski definition) is 5. The second-order valence-corrected chi connectivity index (χ2v) is 7.47. The molecule has 1 aliphatic rings. The molecule has 2 aromatic rings. The molecule has 2 N–H and O–H groups in total. The van der Waals surface area contributed by atoms with Crippen molar-refractivity contribution in [1.29, 1.82) is 0 Å². The normalized spacial score (nSPS) is 14.3. The fraction of sp³-hybridized carbons (Fsp3) is 0.350. The minimum absolute atomic E-state index is 0.0696. The average Bonchev–Trinajstić information content (AvgIpc) is 2.66. The van der Waals surface area contributed by atoms with Gasteiger partial charge in [-0.2, -0.15) is 0 Å². The van der Waals surface area contributed by atoms with E-state index >= 15 is 0 Å². The Hall–Kier alpha value is -3.17. The number of hydrogen-bond donors (Lipinski definition) is 2. The Labute approximate surface area is 173 Å². The highest BCUT2D eigenvalue weighted by atomic mass is 19.3. The first-order chi connectivity index (χ1) is 14.2. The summed E-state index contributed by atoms with van der Waals surface area (Å²) in [4.78, 5) is 23.9. The van der Waals surface area contributed by atoms with E-state index in [1.54, 1.807) is 31.8 Å². The highest BCUT2D eigenvalue weighted by Gasteiger charge is 2.28. The molecular formula is C20H22BF2N3O4. The van der Waals surface area contributed by atoms with Crippen LogP contribution in [0.4, 0.5) is 31.5 Å². The van der Waals surface area contributed by atoms with Crippen LogP contribution in [0.3, 0.4) is 0 Å². The van der Waals surface area contributed by atoms with E-state index in [4.69, 9.17) is 5.11 Å². The van der Waals surface area contributed by atoms with E-state index in [1.165, 1.54) is 18.2 Å². The molecule has 0 bridgehead atoms. The smallest absolute Gasteiger partial charge is 0.305 e. The second-order valence-electron chi connectivity index (χ2n) is 7.47. The second kappa shape index (κ2) is 8.68. The molecule has 1 heterocycles. The molecule has 2 aromatic carbocycles. The average molecular weight is 417 g/mol. The van der Waals surface area contributed by atoms with Gasteiger partial charge in [0, 0.05) is 29.9 Å². The maximum atomic E-state index is 13.5. The third-order valence-electron chi connectivity index (χ3n) is 5.20. The maximum absolute atomic E-state index is 13.5. The molecule has 1 atom stereocenters. The molecule has 0 fully saturated rings. The number of carboxylic acid groups (broad SMARTS) is 1. The van der Waals surface area contributed by atoms with Gasteiger partial charge in [0.25, 0.3) is 12.1 Å². The summed E-state index contributed by atoms with van der Waals surface area (Å²) in [6.45, 7) is 2.12. The first kappa shape index (κ1) is 21.5. The van der Waals surface area contributed by atoms with E-state index in [0.29, 0.717) is 23.4 Å². The number of alkyl halides is 2. The van der Waals surface area contributed by atoms with Gasteiger partial charge in [-0.05, 0) is 37.5 Å². The van der Waals surface area contributed by atoms with Crippen molar-refractivity contribution >= 4 is 42.0 Å². The van der Waals surface area contributed by atoms with Crippen molar-refractivity contribution in [2.24, 2.45) is 0 Å². The summed E-state index contributed by atoms with van der Waals surface area (Å²) in [5, 5.41) is 23.6. The van der Waals surface area contributed by atoms with Gasteiger partial charge in [0.15, 0.2) is 0 Å². The first-order valence-corrected chi connectivity index (χ1v) is 9.64. The van der Waals surface area contributed by atoms with Crippen molar-refractivity contribution in [3.8, 4) is 0 Å². The lowest BCUT2D eigenvalue weighted by Gasteiger charge is -2.34. The van der Waals surface area contributed by atoms with Gasteiger partial charge >= 0.3 is 5.97 Å². The van der Waals surface area contributed by atoms with Crippen LogP contribution in [0, 0.1) is 10.1 Å². The summed E-state index contributed by atoms with van der Waals surface area (Å²) in [5.41, 5.74) is 2.39. The molecule has 1 aliphatic heterocycles. The quantitative estimate of drug-likeness (QED) is 0.408. The number of aryl methyl sites for hydroxylation is 1. The van der Waals surface area contributed by atoms with E-state index in [1.807, 2.05) is 0 Å². The van der Waals surface area contributed by atoms with Gasteiger partial charge in [0.1, 0.15) is 13.5 Å². The number of benzene rings is 2. The summed E-state index contributed by atoms with van der Waals surface area (Å²) >= 11 is 0. The Morgan fingerprint density at radius 1 is 1.37 bits per heavy atom. The number of nitro benzene ring substituents is 1. The van der Waals surface area contributed by atoms with E-state index in [-0.39, 0.29) is 23.4 Å². The first-order valence-electron chi connectivity index (χ1n) is 9.64. The van der Waals surface area contributed by atoms with Crippen LogP contribution in [0.2, 0.25) is 0 Å². The van der Waals surface area contributed by atoms with Crippen LogP contribution in [-0.4, -0.2) is 36.4 Å². The number of halogens is 2. The fourth-order valence-electron chi connectivity index (χ4n) is 3.87. The van der Waals surface area contributed by atoms with Gasteiger partial charge in [0.2, 0.25) is 0 Å². The van der Waals surface area contributed by atoms with Crippen molar-refractivity contribution in [1.82, 2.24) is 0 Å². The van der Waals surface area contributed by atoms with Gasteiger partial charge < -0.3 is 15.3 Å². The lowest BCUT2D eigenvalue weighted by Crippen LogP contribution is -2.29. The van der Waals surface area contributed by atoms with Gasteiger partial charge in [-0.25, -0.2) is 8.78 Å². The van der Waals surface area contributed by atoms with E-state index in [0.717, 1.165) is 18.4 Å². The third-order valence-corrected chi connectivity index (χ3v) is 5.20. The molecule has 0 aromatic heterocycles. The Morgan fingerprint density at radius 2 is 2.10 bits per heavy atom. The number of fused-ring (bicyclic) bond motifs is 1. The molecule has 0 saturated heterocycles. The van der Waals surface area contributed by atoms with Crippen molar-refractivity contribution in [3.05, 3.63) is 51.6 Å². The Bertz CT molecular complexity index is 987. The topological polar surface area (TPSA) is 95.7 Å². The minimum Gasteiger partial charge on any atom is -0.481 e. The minimum atomic E-state index is -2.63. The zero-order chi connectivity index (χ0) is 22.0. The lowest BCUT2D eigenvalue weighted by atomic mass is 9.85. The van der Waals surface area contributed by atoms with Crippen LogP contribution in [0.25, 0.3) is 0 Å². The number of nitrogens with one attached hydrogen (secondary N) is 1. The molecule has 3 rings (SSSR count). The van der Waals surface area contributed by atoms with E-state index in [9.17, 15) is 23.7 Å². The van der Waals surface area contributed by atoms with Crippen molar-refractivity contribution in [2.75, 3.05) is 16.8 Å². The predicted octanol–water partition coefficient (Wildman–Crippen LogP) is 3.15. The molecule has 0 unspecified atom stereocenters. The number of para-hydroxylation sites is 1. The zero-order valence-corrected chi connectivity index (χ0v) is 16.7. The molecule has 0 saturated carbocycles. The molecule has 0 radical (unpaired) electrons. The maximum Gasteiger partial charge on any atom is 0.305 e. The molecule has 0 amide bonds. The molecule has 10 heteroatoms. The number of nitrogens with zero attached hydrogens (tertiary/aromatic N) is 2. The lowest BCUT2D eigenvalue weighted by molar-refractivity contribution is -0.383. The third kappa shape index (κ3) is 4.37. The summed E-state index contributed by atoms with van der Waals surface area (Å²) in [6.07, 6.45) is -1.37. The van der Waals surface area contributed by atoms with Gasteiger partial charge in [-0.3, -0.25) is 14.9 Å². The number of carboxylic acids is 1. The van der Waals surface area contributed by atoms with Crippen molar-refractivity contribution in [3.63, 3.8) is 0 Å². The number of carbonyl (C=O) groups is 1. The van der Waals surface area contributed by atoms with Gasteiger partial charge in [-0.15, -0.1) is 0 Å². The molecular weight excluding hydrogens is 395 g/mol. The predicted molar refractivity (Wildman–Crippen MR) is 113 cm³/mol. The molecule has 7 nitrogen and oxygen atoms in total. The van der Waals surface area contributed by atoms with E-state index in [2.05, 4.69) is 5.32 Å². The summed E-state index contributed by atoms with van der Waals surface area (Å²) < 4.78 is 27.0. The fourth-order valence-corrected chi connectivity index (χ4v) is 3.87. The van der Waals surface area contributed by atoms with Gasteiger partial charge in [0.05, 0.1) is 17.0 Å². The van der Waals surface area contributed by atoms with Crippen LogP contribution < -0.4 is 15.7 Å². The highest BCUT2D eigenvalue weighted by molar-refractivity contribution is 6.33.